The summed E-state index contributed by atoms with van der Waals surface area (Å²) < 4.78 is 49.8. The number of alkyl halides is 3. The topological polar surface area (TPSA) is 102 Å². The molecular formula is C42H46F3N2O6+. The van der Waals surface area contributed by atoms with Crippen molar-refractivity contribution in [2.24, 2.45) is 0 Å². The number of hydrogen-bond donors (Lipinski definition) is 2. The van der Waals surface area contributed by atoms with Crippen molar-refractivity contribution in [1.29, 1.82) is 0 Å². The van der Waals surface area contributed by atoms with Crippen molar-refractivity contribution in [3.8, 4) is 16.9 Å². The van der Waals surface area contributed by atoms with Crippen LogP contribution in [0, 0.1) is 0 Å². The SMILES string of the molecule is CC(C)(C)OC(=O)[N+]1(C(=O)NCC(C(=O)O)c2ccc(-c3ccc(C(C)(C)C)cc3)cc2)CCc2ccc(OCc3ccc(C(F)(F)F)cc3)cc2C1. The first-order valence-electron chi connectivity index (χ1n) is 17.5. The minimum absolute atomic E-state index is 0.00448. The number of carbonyl (C=O) groups excluding carboxylic acids is 2. The Hall–Kier alpha value is -5.16. The summed E-state index contributed by atoms with van der Waals surface area (Å²) in [5.41, 5.74) is 4.05. The number of carboxylic acids is 1. The highest BCUT2D eigenvalue weighted by Crippen LogP contribution is 2.33. The molecule has 1 aliphatic heterocycles. The molecule has 0 aliphatic carbocycles. The van der Waals surface area contributed by atoms with Crippen molar-refractivity contribution in [3.05, 3.63) is 124 Å². The Labute approximate surface area is 308 Å². The molecular weight excluding hydrogens is 685 g/mol. The number of imide groups is 1. The fraction of sp³-hybridized carbons (Fsp3) is 0.357. The molecule has 0 radical (unpaired) electrons. The number of carbonyl (C=O) groups is 3. The maximum atomic E-state index is 14.1. The fourth-order valence-corrected chi connectivity index (χ4v) is 6.24. The number of benzene rings is 4. The van der Waals surface area contributed by atoms with Gasteiger partial charge in [-0.3, -0.25) is 4.79 Å². The molecule has 5 rings (SSSR count). The van der Waals surface area contributed by atoms with Crippen LogP contribution >= 0.6 is 0 Å². The Balaban J connectivity index is 1.33. The molecule has 11 heteroatoms. The lowest BCUT2D eigenvalue weighted by Gasteiger charge is -2.37. The fourth-order valence-electron chi connectivity index (χ4n) is 6.24. The van der Waals surface area contributed by atoms with Crippen LogP contribution in [0.5, 0.6) is 5.75 Å². The van der Waals surface area contributed by atoms with E-state index in [0.717, 1.165) is 28.8 Å². The average Bonchev–Trinajstić information content (AvgIpc) is 3.09. The lowest BCUT2D eigenvalue weighted by molar-refractivity contribution is -0.795. The number of aliphatic carboxylic acids is 1. The van der Waals surface area contributed by atoms with Gasteiger partial charge in [0.25, 0.3) is 0 Å². The molecule has 0 bridgehead atoms. The van der Waals surface area contributed by atoms with Crippen molar-refractivity contribution < 1.29 is 46.6 Å². The zero-order chi connectivity index (χ0) is 38.8. The van der Waals surface area contributed by atoms with Gasteiger partial charge >= 0.3 is 24.3 Å². The largest absolute Gasteiger partial charge is 0.526 e. The maximum absolute atomic E-state index is 14.1. The third kappa shape index (κ3) is 9.45. The van der Waals surface area contributed by atoms with Crippen LogP contribution in [0.15, 0.2) is 91.0 Å². The van der Waals surface area contributed by atoms with Crippen LogP contribution in [0.1, 0.15) is 80.8 Å². The number of ether oxygens (including phenoxy) is 2. The first kappa shape index (κ1) is 39.1. The van der Waals surface area contributed by atoms with Crippen LogP contribution < -0.4 is 10.1 Å². The van der Waals surface area contributed by atoms with E-state index in [1.807, 2.05) is 30.3 Å². The van der Waals surface area contributed by atoms with Crippen LogP contribution in [-0.2, 0) is 40.7 Å². The van der Waals surface area contributed by atoms with E-state index in [0.29, 0.717) is 28.9 Å². The molecule has 8 nitrogen and oxygen atoms in total. The monoisotopic (exact) mass is 731 g/mol. The summed E-state index contributed by atoms with van der Waals surface area (Å²) in [6.07, 6.45) is -4.87. The number of nitrogens with one attached hydrogen (secondary N) is 1. The number of fused-ring (bicyclic) bond motifs is 1. The van der Waals surface area contributed by atoms with E-state index in [-0.39, 0.29) is 31.7 Å². The Kier molecular flexibility index (Phi) is 11.1. The number of nitrogens with zero attached hydrogens (tertiary/aromatic N) is 1. The minimum Gasteiger partial charge on any atom is -0.489 e. The van der Waals surface area contributed by atoms with Crippen molar-refractivity contribution in [1.82, 2.24) is 5.32 Å². The van der Waals surface area contributed by atoms with E-state index < -0.39 is 45.8 Å². The zero-order valence-electron chi connectivity index (χ0n) is 30.8. The summed E-state index contributed by atoms with van der Waals surface area (Å²) in [7, 11) is 0. The zero-order valence-corrected chi connectivity index (χ0v) is 30.8. The van der Waals surface area contributed by atoms with Gasteiger partial charge in [0.15, 0.2) is 0 Å². The molecule has 0 fully saturated rings. The highest BCUT2D eigenvalue weighted by Gasteiger charge is 2.51. The molecule has 53 heavy (non-hydrogen) atoms. The van der Waals surface area contributed by atoms with E-state index >= 15 is 0 Å². The predicted octanol–water partition coefficient (Wildman–Crippen LogP) is 9.63. The van der Waals surface area contributed by atoms with Crippen molar-refractivity contribution in [2.75, 3.05) is 13.1 Å². The Morgan fingerprint density at radius 1 is 0.792 bits per heavy atom. The van der Waals surface area contributed by atoms with Gasteiger partial charge in [0, 0.05) is 18.5 Å². The molecule has 4 aromatic rings. The summed E-state index contributed by atoms with van der Waals surface area (Å²) in [4.78, 5) is 40.4. The number of rotatable bonds is 8. The number of amides is 3. The molecule has 0 aromatic heterocycles. The van der Waals surface area contributed by atoms with E-state index in [9.17, 15) is 32.7 Å². The van der Waals surface area contributed by atoms with Crippen LogP contribution in [0.2, 0.25) is 0 Å². The van der Waals surface area contributed by atoms with Crippen molar-refractivity contribution in [2.45, 2.75) is 84.2 Å². The number of halogens is 3. The number of hydrogen-bond acceptors (Lipinski definition) is 5. The number of quaternary nitrogens is 1. The molecule has 2 unspecified atom stereocenters. The van der Waals surface area contributed by atoms with Crippen LogP contribution in [0.25, 0.3) is 11.1 Å². The molecule has 1 heterocycles. The summed E-state index contributed by atoms with van der Waals surface area (Å²) >= 11 is 0. The third-order valence-corrected chi connectivity index (χ3v) is 9.35. The standard InChI is InChI=1S/C42H45F3N2O6/c1-40(2,3)33-18-13-29(14-19-33)28-9-11-31(12-10-28)36(37(48)49)24-46-38(50)47(39(51)53-41(4,5)6)22-21-30-15-20-35(23-32(30)25-47)52-26-27-7-16-34(17-8-27)42(43,44)45/h7-20,23,36H,21-22,24-26H2,1-6H3,(H-,46,48,49,50)/p+1. The van der Waals surface area contributed by atoms with Gasteiger partial charge in [-0.15, -0.1) is 4.48 Å². The molecule has 2 N–H and O–H groups in total. The lowest BCUT2D eigenvalue weighted by Crippen LogP contribution is -2.63. The minimum atomic E-state index is -4.44. The molecule has 280 valence electrons. The maximum Gasteiger partial charge on any atom is 0.526 e. The second-order valence-corrected chi connectivity index (χ2v) is 15.5. The summed E-state index contributed by atoms with van der Waals surface area (Å²) in [5, 5.41) is 13.0. The van der Waals surface area contributed by atoms with Gasteiger partial charge in [0.05, 0.1) is 11.5 Å². The van der Waals surface area contributed by atoms with Gasteiger partial charge in [-0.2, -0.15) is 18.0 Å². The second kappa shape index (κ2) is 15.1. The van der Waals surface area contributed by atoms with Gasteiger partial charge in [0.1, 0.15) is 31.0 Å². The van der Waals surface area contributed by atoms with E-state index in [4.69, 9.17) is 9.47 Å². The van der Waals surface area contributed by atoms with Crippen molar-refractivity contribution in [3.63, 3.8) is 0 Å². The van der Waals surface area contributed by atoms with E-state index in [2.05, 4.69) is 38.2 Å². The van der Waals surface area contributed by atoms with Gasteiger partial charge in [-0.05, 0) is 83.8 Å². The Morgan fingerprint density at radius 2 is 1.38 bits per heavy atom. The molecule has 3 amide bonds. The third-order valence-electron chi connectivity index (χ3n) is 9.35. The van der Waals surface area contributed by atoms with Gasteiger partial charge in [-0.25, -0.2) is 4.79 Å². The molecule has 4 aromatic carbocycles. The number of urea groups is 1. The first-order chi connectivity index (χ1) is 24.7. The molecule has 0 spiro atoms. The first-order valence-corrected chi connectivity index (χ1v) is 17.5. The normalized spacial score (nSPS) is 16.6. The molecule has 1 aliphatic rings. The summed E-state index contributed by atoms with van der Waals surface area (Å²) in [6.45, 7) is 11.3. The van der Waals surface area contributed by atoms with Crippen LogP contribution in [0.4, 0.5) is 22.8 Å². The van der Waals surface area contributed by atoms with E-state index in [1.54, 1.807) is 45.0 Å². The lowest BCUT2D eigenvalue weighted by atomic mass is 9.86. The van der Waals surface area contributed by atoms with Crippen LogP contribution in [0.3, 0.4) is 0 Å². The Bertz CT molecular complexity index is 1940. The smallest absolute Gasteiger partial charge is 0.489 e. The summed E-state index contributed by atoms with van der Waals surface area (Å²) in [6, 6.07) is 24.7. The average molecular weight is 732 g/mol. The Morgan fingerprint density at radius 3 is 1.92 bits per heavy atom. The molecule has 0 saturated heterocycles. The predicted molar refractivity (Wildman–Crippen MR) is 195 cm³/mol. The number of carboxylic acid groups (broad SMARTS) is 1. The summed E-state index contributed by atoms with van der Waals surface area (Å²) in [5.74, 6) is -1.81. The van der Waals surface area contributed by atoms with Crippen molar-refractivity contribution >= 4 is 18.1 Å². The van der Waals surface area contributed by atoms with E-state index in [1.165, 1.54) is 17.7 Å². The highest BCUT2D eigenvalue weighted by atomic mass is 19.4. The van der Waals surface area contributed by atoms with Crippen LogP contribution in [-0.4, -0.2) is 46.4 Å². The molecule has 2 atom stereocenters. The second-order valence-electron chi connectivity index (χ2n) is 15.5. The highest BCUT2D eigenvalue weighted by molar-refractivity contribution is 5.82. The van der Waals surface area contributed by atoms with Gasteiger partial charge in [-0.1, -0.05) is 87.5 Å². The quantitative estimate of drug-likeness (QED) is 0.175. The van der Waals surface area contributed by atoms with Gasteiger partial charge in [0.2, 0.25) is 0 Å². The van der Waals surface area contributed by atoms with Gasteiger partial charge < -0.3 is 19.9 Å². The molecule has 0 saturated carbocycles.